The number of hydrogen-bond donors (Lipinski definition) is 0. The lowest BCUT2D eigenvalue weighted by molar-refractivity contribution is -0.137. The fourth-order valence-corrected chi connectivity index (χ4v) is 4.60. The summed E-state index contributed by atoms with van der Waals surface area (Å²) in [7, 11) is 0. The van der Waals surface area contributed by atoms with E-state index in [1.165, 1.54) is 57.8 Å². The van der Waals surface area contributed by atoms with Gasteiger partial charge in [-0.2, -0.15) is 0 Å². The van der Waals surface area contributed by atoms with Crippen molar-refractivity contribution in [2.24, 2.45) is 5.41 Å². The quantitative estimate of drug-likeness (QED) is 0.728. The molecule has 0 saturated carbocycles. The zero-order valence-corrected chi connectivity index (χ0v) is 14.2. The molecule has 0 aromatic heterocycles. The third kappa shape index (κ3) is 3.56. The van der Waals surface area contributed by atoms with Crippen LogP contribution in [0.5, 0.6) is 0 Å². The van der Waals surface area contributed by atoms with Crippen molar-refractivity contribution < 1.29 is 4.79 Å². The molecule has 3 rings (SSSR count). The van der Waals surface area contributed by atoms with E-state index in [2.05, 4.69) is 28.9 Å². The van der Waals surface area contributed by atoms with Crippen LogP contribution < -0.4 is 0 Å². The zero-order chi connectivity index (χ0) is 15.4. The normalized spacial score (nSPS) is 32.0. The van der Waals surface area contributed by atoms with E-state index in [-0.39, 0.29) is 6.04 Å². The van der Waals surface area contributed by atoms with Gasteiger partial charge in [-0.1, -0.05) is 25.0 Å². The molecule has 2 fully saturated rings. The first kappa shape index (κ1) is 16.0. The van der Waals surface area contributed by atoms with E-state index in [0.29, 0.717) is 11.3 Å². The summed E-state index contributed by atoms with van der Waals surface area (Å²) < 4.78 is 0. The van der Waals surface area contributed by atoms with Crippen molar-refractivity contribution in [1.82, 2.24) is 9.80 Å². The van der Waals surface area contributed by atoms with Crippen LogP contribution in [-0.4, -0.2) is 47.9 Å². The van der Waals surface area contributed by atoms with Crippen molar-refractivity contribution in [3.05, 3.63) is 12.2 Å². The molecule has 0 aromatic carbocycles. The van der Waals surface area contributed by atoms with Gasteiger partial charge in [-0.05, 0) is 63.8 Å². The molecule has 0 bridgehead atoms. The summed E-state index contributed by atoms with van der Waals surface area (Å²) in [6.45, 7) is 6.32. The summed E-state index contributed by atoms with van der Waals surface area (Å²) in [5, 5.41) is 0. The molecule has 0 N–H and O–H groups in total. The SMILES string of the molecule is CC(C(=O)N1CCCCCC1)N1CCCC2(CC=CCC2)C1. The van der Waals surface area contributed by atoms with Gasteiger partial charge in [-0.3, -0.25) is 9.69 Å². The lowest BCUT2D eigenvalue weighted by Crippen LogP contribution is -2.53. The van der Waals surface area contributed by atoms with Gasteiger partial charge in [0.05, 0.1) is 6.04 Å². The van der Waals surface area contributed by atoms with Crippen molar-refractivity contribution in [1.29, 1.82) is 0 Å². The lowest BCUT2D eigenvalue weighted by Gasteiger charge is -2.46. The highest BCUT2D eigenvalue weighted by Crippen LogP contribution is 2.41. The Labute approximate surface area is 135 Å². The topological polar surface area (TPSA) is 23.6 Å². The molecule has 2 unspecified atom stereocenters. The fraction of sp³-hybridized carbons (Fsp3) is 0.842. The third-order valence-corrected chi connectivity index (χ3v) is 6.07. The van der Waals surface area contributed by atoms with E-state index >= 15 is 0 Å². The van der Waals surface area contributed by atoms with Crippen LogP contribution >= 0.6 is 0 Å². The largest absolute Gasteiger partial charge is 0.341 e. The Hall–Kier alpha value is -0.830. The molecule has 2 atom stereocenters. The second-order valence-corrected chi connectivity index (χ2v) is 7.70. The number of carbonyl (C=O) groups excluding carboxylic acids is 1. The molecule has 124 valence electrons. The molecule has 0 radical (unpaired) electrons. The maximum Gasteiger partial charge on any atom is 0.239 e. The highest BCUT2D eigenvalue weighted by Gasteiger charge is 2.38. The van der Waals surface area contributed by atoms with E-state index < -0.39 is 0 Å². The van der Waals surface area contributed by atoms with Gasteiger partial charge < -0.3 is 4.90 Å². The summed E-state index contributed by atoms with van der Waals surface area (Å²) in [5.74, 6) is 0.380. The highest BCUT2D eigenvalue weighted by atomic mass is 16.2. The summed E-state index contributed by atoms with van der Waals surface area (Å²) in [5.41, 5.74) is 0.459. The average Bonchev–Trinajstić information content (AvgIpc) is 2.83. The van der Waals surface area contributed by atoms with Gasteiger partial charge in [0.2, 0.25) is 5.91 Å². The van der Waals surface area contributed by atoms with Crippen molar-refractivity contribution in [3.63, 3.8) is 0 Å². The van der Waals surface area contributed by atoms with Gasteiger partial charge in [-0.25, -0.2) is 0 Å². The molecule has 2 aliphatic heterocycles. The third-order valence-electron chi connectivity index (χ3n) is 6.07. The van der Waals surface area contributed by atoms with Gasteiger partial charge in [0.15, 0.2) is 0 Å². The molecule has 3 nitrogen and oxygen atoms in total. The second-order valence-electron chi connectivity index (χ2n) is 7.70. The minimum absolute atomic E-state index is 0.0705. The lowest BCUT2D eigenvalue weighted by atomic mass is 9.71. The minimum Gasteiger partial charge on any atom is -0.341 e. The molecule has 2 saturated heterocycles. The molecule has 22 heavy (non-hydrogen) atoms. The smallest absolute Gasteiger partial charge is 0.239 e. The molecule has 1 aliphatic carbocycles. The summed E-state index contributed by atoms with van der Waals surface area (Å²) >= 11 is 0. The Kier molecular flexibility index (Phi) is 5.22. The van der Waals surface area contributed by atoms with Crippen molar-refractivity contribution >= 4 is 5.91 Å². The predicted molar refractivity (Wildman–Crippen MR) is 90.7 cm³/mol. The standard InChI is InChI=1S/C19H32N2O/c1-17(18(22)20-13-7-2-3-8-14-20)21-15-9-12-19(16-21)10-5-4-6-11-19/h4-5,17H,2-3,6-16H2,1H3. The Balaban J connectivity index is 1.62. The summed E-state index contributed by atoms with van der Waals surface area (Å²) in [6.07, 6.45) is 16.0. The van der Waals surface area contributed by atoms with Crippen LogP contribution in [-0.2, 0) is 4.79 Å². The van der Waals surface area contributed by atoms with Crippen LogP contribution in [0.1, 0.15) is 64.7 Å². The molecule has 3 aliphatic rings. The first-order chi connectivity index (χ1) is 10.7. The molecule has 1 amide bonds. The predicted octanol–water partition coefficient (Wildman–Crippen LogP) is 3.60. The van der Waals surface area contributed by atoms with Crippen LogP contribution in [0.3, 0.4) is 0 Å². The van der Waals surface area contributed by atoms with Gasteiger partial charge >= 0.3 is 0 Å². The van der Waals surface area contributed by atoms with Crippen LogP contribution in [0.4, 0.5) is 0 Å². The molecule has 0 aromatic rings. The fourth-order valence-electron chi connectivity index (χ4n) is 4.60. The number of amides is 1. The number of hydrogen-bond acceptors (Lipinski definition) is 2. The molecular weight excluding hydrogens is 272 g/mol. The minimum atomic E-state index is 0.0705. The summed E-state index contributed by atoms with van der Waals surface area (Å²) in [4.78, 5) is 17.5. The Morgan fingerprint density at radius 1 is 1.00 bits per heavy atom. The maximum absolute atomic E-state index is 12.9. The molecule has 1 spiro atoms. The number of allylic oxidation sites excluding steroid dienone is 2. The zero-order valence-electron chi connectivity index (χ0n) is 14.2. The molecular formula is C19H32N2O. The number of piperidine rings is 1. The van der Waals surface area contributed by atoms with Crippen LogP contribution in [0.15, 0.2) is 12.2 Å². The van der Waals surface area contributed by atoms with Crippen molar-refractivity contribution in [2.75, 3.05) is 26.2 Å². The molecule has 2 heterocycles. The van der Waals surface area contributed by atoms with Crippen LogP contribution in [0.25, 0.3) is 0 Å². The van der Waals surface area contributed by atoms with Crippen LogP contribution in [0, 0.1) is 5.41 Å². The Bertz CT molecular complexity index is 412. The van der Waals surface area contributed by atoms with Gasteiger partial charge in [0.25, 0.3) is 0 Å². The Morgan fingerprint density at radius 2 is 1.77 bits per heavy atom. The number of carbonyl (C=O) groups is 1. The second kappa shape index (κ2) is 7.16. The van der Waals surface area contributed by atoms with E-state index in [1.807, 2.05) is 0 Å². The monoisotopic (exact) mass is 304 g/mol. The average molecular weight is 304 g/mol. The van der Waals surface area contributed by atoms with E-state index in [0.717, 1.165) is 26.2 Å². The maximum atomic E-state index is 12.9. The summed E-state index contributed by atoms with van der Waals surface area (Å²) in [6, 6.07) is 0.0705. The number of likely N-dealkylation sites (tertiary alicyclic amines) is 2. The first-order valence-electron chi connectivity index (χ1n) is 9.38. The van der Waals surface area contributed by atoms with E-state index in [9.17, 15) is 4.79 Å². The van der Waals surface area contributed by atoms with Crippen LogP contribution in [0.2, 0.25) is 0 Å². The van der Waals surface area contributed by atoms with E-state index in [4.69, 9.17) is 0 Å². The van der Waals surface area contributed by atoms with E-state index in [1.54, 1.807) is 0 Å². The van der Waals surface area contributed by atoms with Gasteiger partial charge in [0.1, 0.15) is 0 Å². The van der Waals surface area contributed by atoms with Gasteiger partial charge in [0, 0.05) is 19.6 Å². The molecule has 3 heteroatoms. The number of nitrogens with zero attached hydrogens (tertiary/aromatic N) is 2. The van der Waals surface area contributed by atoms with Crippen molar-refractivity contribution in [3.8, 4) is 0 Å². The van der Waals surface area contributed by atoms with Crippen molar-refractivity contribution in [2.45, 2.75) is 70.8 Å². The first-order valence-corrected chi connectivity index (χ1v) is 9.38. The Morgan fingerprint density at radius 3 is 2.45 bits per heavy atom. The van der Waals surface area contributed by atoms with Gasteiger partial charge in [-0.15, -0.1) is 0 Å². The number of rotatable bonds is 2. The highest BCUT2D eigenvalue weighted by molar-refractivity contribution is 5.81.